The maximum absolute atomic E-state index is 13.0. The Balaban J connectivity index is 1.77. The molecule has 10 nitrogen and oxygen atoms in total. The van der Waals surface area contributed by atoms with Gasteiger partial charge in [-0.3, -0.25) is 15.4 Å². The molecule has 11 heteroatoms. The fourth-order valence-electron chi connectivity index (χ4n) is 2.94. The van der Waals surface area contributed by atoms with E-state index in [4.69, 9.17) is 5.21 Å². The molecule has 0 amide bonds. The fraction of sp³-hybridized carbons (Fsp3) is 0. The maximum atomic E-state index is 13.0. The zero-order valence-electron chi connectivity index (χ0n) is 16.4. The van der Waals surface area contributed by atoms with Gasteiger partial charge in [-0.15, -0.1) is 0 Å². The summed E-state index contributed by atoms with van der Waals surface area (Å²) in [6, 6.07) is 18.5. The van der Waals surface area contributed by atoms with Crippen LogP contribution in [0.5, 0.6) is 0 Å². The van der Waals surface area contributed by atoms with Crippen LogP contribution < -0.4 is 15.5 Å². The Kier molecular flexibility index (Phi) is 5.58. The number of nitrogens with one attached hydrogen (secondary N) is 3. The standard InChI is InChI=1S/C21H17N5O5S/c27-21(28)13-5-3-6-14(11-13)22-19-20(24-18-10-2-1-9-17(18)23-19)26-32(30,31)16-8-4-7-15(12-16)25-29/h1-12,25,29H,(H,22,23)(H,24,26)(H,27,28). The topological polar surface area (TPSA) is 154 Å². The molecular weight excluding hydrogens is 434 g/mol. The minimum absolute atomic E-state index is 0.0548. The molecular formula is C21H17N5O5S. The molecule has 0 atom stereocenters. The van der Waals surface area contributed by atoms with E-state index in [1.807, 2.05) is 5.48 Å². The summed E-state index contributed by atoms with van der Waals surface area (Å²) in [7, 11) is -4.09. The van der Waals surface area contributed by atoms with Crippen molar-refractivity contribution in [2.75, 3.05) is 15.5 Å². The average Bonchev–Trinajstić information content (AvgIpc) is 2.79. The summed E-state index contributed by atoms with van der Waals surface area (Å²) >= 11 is 0. The minimum atomic E-state index is -4.09. The number of aromatic nitrogens is 2. The highest BCUT2D eigenvalue weighted by atomic mass is 32.2. The molecule has 0 aliphatic rings. The number of hydrogen-bond donors (Lipinski definition) is 5. The van der Waals surface area contributed by atoms with Gasteiger partial charge >= 0.3 is 5.97 Å². The SMILES string of the molecule is O=C(O)c1cccc(Nc2nc3ccccc3nc2NS(=O)(=O)c2cccc(NO)c2)c1. The molecule has 4 aromatic rings. The van der Waals surface area contributed by atoms with Gasteiger partial charge in [0.15, 0.2) is 11.6 Å². The summed E-state index contributed by atoms with van der Waals surface area (Å²) in [6.45, 7) is 0. The van der Waals surface area contributed by atoms with E-state index in [1.165, 1.54) is 36.4 Å². The van der Waals surface area contributed by atoms with Crippen molar-refractivity contribution in [2.45, 2.75) is 4.90 Å². The van der Waals surface area contributed by atoms with Crippen molar-refractivity contribution in [2.24, 2.45) is 0 Å². The Morgan fingerprint density at radius 3 is 2.16 bits per heavy atom. The summed E-state index contributed by atoms with van der Waals surface area (Å²) in [5.41, 5.74) is 3.52. The molecule has 0 aliphatic carbocycles. The minimum Gasteiger partial charge on any atom is -0.478 e. The van der Waals surface area contributed by atoms with Gasteiger partial charge in [-0.05, 0) is 48.5 Å². The van der Waals surface area contributed by atoms with Crippen LogP contribution in [0.1, 0.15) is 10.4 Å². The van der Waals surface area contributed by atoms with Gasteiger partial charge in [0.1, 0.15) is 0 Å². The number of benzene rings is 3. The van der Waals surface area contributed by atoms with E-state index < -0.39 is 16.0 Å². The summed E-state index contributed by atoms with van der Waals surface area (Å²) in [6.07, 6.45) is 0. The predicted molar refractivity (Wildman–Crippen MR) is 119 cm³/mol. The normalized spacial score (nSPS) is 11.2. The molecule has 5 N–H and O–H groups in total. The predicted octanol–water partition coefficient (Wildman–Crippen LogP) is 3.67. The molecule has 4 rings (SSSR count). The number of fused-ring (bicyclic) bond motifs is 1. The van der Waals surface area contributed by atoms with Crippen molar-refractivity contribution in [3.8, 4) is 0 Å². The van der Waals surface area contributed by atoms with Crippen molar-refractivity contribution < 1.29 is 23.5 Å². The quantitative estimate of drug-likeness (QED) is 0.265. The van der Waals surface area contributed by atoms with Gasteiger partial charge in [-0.2, -0.15) is 0 Å². The first-order chi connectivity index (χ1) is 15.4. The number of rotatable bonds is 7. The van der Waals surface area contributed by atoms with E-state index in [2.05, 4.69) is 20.0 Å². The number of carboxylic acids is 1. The third kappa shape index (κ3) is 4.43. The third-order valence-electron chi connectivity index (χ3n) is 4.45. The first-order valence-electron chi connectivity index (χ1n) is 9.26. The van der Waals surface area contributed by atoms with Crippen molar-refractivity contribution in [3.05, 3.63) is 78.4 Å². The van der Waals surface area contributed by atoms with E-state index in [0.29, 0.717) is 16.7 Å². The van der Waals surface area contributed by atoms with Gasteiger partial charge in [0.25, 0.3) is 10.0 Å². The van der Waals surface area contributed by atoms with Crippen LogP contribution in [0.3, 0.4) is 0 Å². The van der Waals surface area contributed by atoms with Gasteiger partial charge in [-0.25, -0.2) is 23.2 Å². The highest BCUT2D eigenvalue weighted by Gasteiger charge is 2.20. The van der Waals surface area contributed by atoms with E-state index >= 15 is 0 Å². The Bertz CT molecular complexity index is 1430. The second kappa shape index (κ2) is 8.49. The van der Waals surface area contributed by atoms with Crippen LogP contribution in [0.2, 0.25) is 0 Å². The molecule has 0 bridgehead atoms. The number of aromatic carboxylic acids is 1. The first kappa shape index (κ1) is 21.0. The largest absolute Gasteiger partial charge is 0.478 e. The molecule has 32 heavy (non-hydrogen) atoms. The van der Waals surface area contributed by atoms with Crippen LogP contribution in [0.4, 0.5) is 23.0 Å². The lowest BCUT2D eigenvalue weighted by Crippen LogP contribution is -2.16. The van der Waals surface area contributed by atoms with Crippen LogP contribution in [-0.2, 0) is 10.0 Å². The van der Waals surface area contributed by atoms with E-state index in [-0.39, 0.29) is 27.8 Å². The lowest BCUT2D eigenvalue weighted by atomic mass is 10.2. The van der Waals surface area contributed by atoms with Gasteiger partial charge < -0.3 is 10.4 Å². The molecule has 0 saturated heterocycles. The van der Waals surface area contributed by atoms with Crippen LogP contribution in [0.15, 0.2) is 77.7 Å². The van der Waals surface area contributed by atoms with Gasteiger partial charge in [-0.1, -0.05) is 24.3 Å². The van der Waals surface area contributed by atoms with Crippen molar-refractivity contribution in [3.63, 3.8) is 0 Å². The molecule has 1 heterocycles. The lowest BCUT2D eigenvalue weighted by Gasteiger charge is -2.14. The molecule has 0 saturated carbocycles. The summed E-state index contributed by atoms with van der Waals surface area (Å²) in [5.74, 6) is -1.09. The lowest BCUT2D eigenvalue weighted by molar-refractivity contribution is 0.0697. The van der Waals surface area contributed by atoms with Crippen molar-refractivity contribution >= 4 is 50.0 Å². The van der Waals surface area contributed by atoms with Gasteiger partial charge in [0.2, 0.25) is 0 Å². The number of para-hydroxylation sites is 2. The molecule has 1 aromatic heterocycles. The second-order valence-corrected chi connectivity index (χ2v) is 8.35. The first-order valence-corrected chi connectivity index (χ1v) is 10.7. The van der Waals surface area contributed by atoms with Gasteiger partial charge in [0, 0.05) is 5.69 Å². The number of anilines is 4. The highest BCUT2D eigenvalue weighted by molar-refractivity contribution is 7.92. The number of carboxylic acid groups (broad SMARTS) is 1. The highest BCUT2D eigenvalue weighted by Crippen LogP contribution is 2.28. The molecule has 0 fully saturated rings. The Morgan fingerprint density at radius 2 is 1.47 bits per heavy atom. The number of sulfonamides is 1. The number of hydrogen-bond acceptors (Lipinski definition) is 8. The maximum Gasteiger partial charge on any atom is 0.335 e. The molecule has 3 aromatic carbocycles. The van der Waals surface area contributed by atoms with Crippen molar-refractivity contribution in [1.82, 2.24) is 9.97 Å². The van der Waals surface area contributed by atoms with Crippen LogP contribution in [-0.4, -0.2) is 34.7 Å². The smallest absolute Gasteiger partial charge is 0.335 e. The summed E-state index contributed by atoms with van der Waals surface area (Å²) in [5, 5.41) is 21.2. The van der Waals surface area contributed by atoms with E-state index in [1.54, 1.807) is 36.4 Å². The second-order valence-electron chi connectivity index (χ2n) is 6.67. The molecule has 0 radical (unpaired) electrons. The number of carbonyl (C=O) groups is 1. The van der Waals surface area contributed by atoms with Crippen LogP contribution in [0.25, 0.3) is 11.0 Å². The van der Waals surface area contributed by atoms with Crippen LogP contribution in [0, 0.1) is 0 Å². The zero-order chi connectivity index (χ0) is 22.7. The molecule has 0 spiro atoms. The molecule has 0 aliphatic heterocycles. The van der Waals surface area contributed by atoms with Gasteiger partial charge in [0.05, 0.1) is 27.2 Å². The van der Waals surface area contributed by atoms with E-state index in [9.17, 15) is 18.3 Å². The van der Waals surface area contributed by atoms with Crippen LogP contribution >= 0.6 is 0 Å². The Hall–Kier alpha value is -4.22. The molecule has 162 valence electrons. The summed E-state index contributed by atoms with van der Waals surface area (Å²) < 4.78 is 28.3. The molecule has 0 unspecified atom stereocenters. The average molecular weight is 451 g/mol. The summed E-state index contributed by atoms with van der Waals surface area (Å²) in [4.78, 5) is 20.0. The van der Waals surface area contributed by atoms with E-state index in [0.717, 1.165) is 0 Å². The van der Waals surface area contributed by atoms with Crippen molar-refractivity contribution in [1.29, 1.82) is 0 Å². The fourth-order valence-corrected chi connectivity index (χ4v) is 4.00. The third-order valence-corrected chi connectivity index (χ3v) is 5.78. The monoisotopic (exact) mass is 451 g/mol. The Labute approximate surface area is 182 Å². The zero-order valence-corrected chi connectivity index (χ0v) is 17.2. The Morgan fingerprint density at radius 1 is 0.812 bits per heavy atom. The number of nitrogens with zero attached hydrogens (tertiary/aromatic N) is 2.